The zero-order valence-corrected chi connectivity index (χ0v) is 9.07. The van der Waals surface area contributed by atoms with Gasteiger partial charge in [0, 0.05) is 11.3 Å². The molecule has 1 nitrogen and oxygen atoms in total. The van der Waals surface area contributed by atoms with Crippen LogP contribution in [-0.2, 0) is 4.79 Å². The van der Waals surface area contributed by atoms with Gasteiger partial charge in [-0.1, -0.05) is 37.3 Å². The van der Waals surface area contributed by atoms with Crippen molar-refractivity contribution in [2.75, 3.05) is 0 Å². The molecule has 1 aromatic carbocycles. The van der Waals surface area contributed by atoms with E-state index in [0.29, 0.717) is 17.6 Å². The van der Waals surface area contributed by atoms with Crippen LogP contribution in [0, 0.1) is 11.3 Å². The highest BCUT2D eigenvalue weighted by molar-refractivity contribution is 5.92. The lowest BCUT2D eigenvalue weighted by molar-refractivity contribution is -0.124. The first kappa shape index (κ1) is 9.14. The summed E-state index contributed by atoms with van der Waals surface area (Å²) >= 11 is 0. The highest BCUT2D eigenvalue weighted by atomic mass is 16.1. The number of rotatable bonds is 3. The monoisotopic (exact) mass is 200 g/mol. The predicted molar refractivity (Wildman–Crippen MR) is 59.6 cm³/mol. The molecule has 1 heteroatoms. The Morgan fingerprint density at radius 2 is 1.93 bits per heavy atom. The molecule has 0 saturated heterocycles. The fraction of sp³-hybridized carbons (Fsp3) is 0.500. The Bertz CT molecular complexity index is 389. The molecule has 3 rings (SSSR count). The normalized spacial score (nSPS) is 31.0. The van der Waals surface area contributed by atoms with E-state index in [1.165, 1.54) is 5.56 Å². The van der Waals surface area contributed by atoms with Crippen LogP contribution in [0.5, 0.6) is 0 Å². The van der Waals surface area contributed by atoms with Gasteiger partial charge in [-0.05, 0) is 30.7 Å². The van der Waals surface area contributed by atoms with Crippen LogP contribution in [0.4, 0.5) is 0 Å². The van der Waals surface area contributed by atoms with Gasteiger partial charge in [-0.2, -0.15) is 0 Å². The van der Waals surface area contributed by atoms with Gasteiger partial charge in [0.05, 0.1) is 0 Å². The molecule has 2 aliphatic carbocycles. The highest BCUT2D eigenvalue weighted by Gasteiger charge is 2.54. The zero-order valence-electron chi connectivity index (χ0n) is 9.07. The van der Waals surface area contributed by atoms with Crippen molar-refractivity contribution in [3.05, 3.63) is 35.9 Å². The molecule has 2 saturated carbocycles. The molecular weight excluding hydrogens is 184 g/mol. The molecule has 0 spiro atoms. The van der Waals surface area contributed by atoms with Crippen LogP contribution in [0.15, 0.2) is 30.3 Å². The number of benzene rings is 1. The molecule has 15 heavy (non-hydrogen) atoms. The summed E-state index contributed by atoms with van der Waals surface area (Å²) in [4.78, 5) is 12.1. The predicted octanol–water partition coefficient (Wildman–Crippen LogP) is 3.16. The standard InChI is InChI=1S/C14H16O/c1-14(7-8-14)13(15)12-9-11(12)10-5-3-2-4-6-10/h2-6,11-12H,7-9H2,1H3. The number of Topliss-reactive ketones (excluding diaryl/α,β-unsaturated/α-hetero) is 1. The number of hydrogen-bond acceptors (Lipinski definition) is 1. The third kappa shape index (κ3) is 1.50. The van der Waals surface area contributed by atoms with Crippen molar-refractivity contribution in [1.29, 1.82) is 0 Å². The van der Waals surface area contributed by atoms with Crippen LogP contribution < -0.4 is 0 Å². The Morgan fingerprint density at radius 1 is 1.27 bits per heavy atom. The third-order valence-corrected chi connectivity index (χ3v) is 3.95. The summed E-state index contributed by atoms with van der Waals surface area (Å²) < 4.78 is 0. The largest absolute Gasteiger partial charge is 0.299 e. The van der Waals surface area contributed by atoms with Gasteiger partial charge < -0.3 is 0 Å². The third-order valence-electron chi connectivity index (χ3n) is 3.95. The van der Waals surface area contributed by atoms with E-state index in [2.05, 4.69) is 31.2 Å². The molecule has 2 fully saturated rings. The second-order valence-electron chi connectivity index (χ2n) is 5.28. The van der Waals surface area contributed by atoms with Gasteiger partial charge in [0.15, 0.2) is 0 Å². The van der Waals surface area contributed by atoms with Gasteiger partial charge in [-0.15, -0.1) is 0 Å². The molecule has 0 aliphatic heterocycles. The van der Waals surface area contributed by atoms with Gasteiger partial charge in [-0.25, -0.2) is 0 Å². The number of carbonyl (C=O) groups excluding carboxylic acids is 1. The average Bonchev–Trinajstić information content (AvgIpc) is 3.14. The zero-order chi connectivity index (χ0) is 10.5. The molecule has 2 aliphatic rings. The average molecular weight is 200 g/mol. The molecule has 2 unspecified atom stereocenters. The number of carbonyl (C=O) groups is 1. The van der Waals surface area contributed by atoms with Crippen LogP contribution in [-0.4, -0.2) is 5.78 Å². The second-order valence-corrected chi connectivity index (χ2v) is 5.28. The van der Waals surface area contributed by atoms with Crippen molar-refractivity contribution in [3.8, 4) is 0 Å². The first-order valence-corrected chi connectivity index (χ1v) is 5.80. The van der Waals surface area contributed by atoms with Gasteiger partial charge in [0.25, 0.3) is 0 Å². The summed E-state index contributed by atoms with van der Waals surface area (Å²) in [7, 11) is 0. The highest BCUT2D eigenvalue weighted by Crippen LogP contribution is 2.57. The molecular formula is C14H16O. The summed E-state index contributed by atoms with van der Waals surface area (Å²) in [5.74, 6) is 1.38. The summed E-state index contributed by atoms with van der Waals surface area (Å²) in [6, 6.07) is 10.5. The minimum atomic E-state index is 0.0637. The van der Waals surface area contributed by atoms with E-state index in [1.807, 2.05) is 6.07 Å². The van der Waals surface area contributed by atoms with Crippen LogP contribution >= 0.6 is 0 Å². The van der Waals surface area contributed by atoms with E-state index in [1.54, 1.807) is 0 Å². The Labute approximate surface area is 90.5 Å². The van der Waals surface area contributed by atoms with Crippen molar-refractivity contribution < 1.29 is 4.79 Å². The maximum atomic E-state index is 12.1. The maximum Gasteiger partial charge on any atom is 0.142 e. The van der Waals surface area contributed by atoms with Crippen LogP contribution in [0.25, 0.3) is 0 Å². The quantitative estimate of drug-likeness (QED) is 0.732. The number of ketones is 1. The van der Waals surface area contributed by atoms with Crippen molar-refractivity contribution in [3.63, 3.8) is 0 Å². The first-order valence-electron chi connectivity index (χ1n) is 5.80. The Morgan fingerprint density at radius 3 is 2.53 bits per heavy atom. The molecule has 2 atom stereocenters. The van der Waals surface area contributed by atoms with Gasteiger partial charge >= 0.3 is 0 Å². The Hall–Kier alpha value is -1.11. The first-order chi connectivity index (χ1) is 7.21. The van der Waals surface area contributed by atoms with E-state index >= 15 is 0 Å². The summed E-state index contributed by atoms with van der Waals surface area (Å²) in [5.41, 5.74) is 1.41. The molecule has 1 aromatic rings. The summed E-state index contributed by atoms with van der Waals surface area (Å²) in [6.45, 7) is 2.12. The van der Waals surface area contributed by atoms with E-state index in [-0.39, 0.29) is 5.41 Å². The fourth-order valence-corrected chi connectivity index (χ4v) is 2.43. The van der Waals surface area contributed by atoms with Crippen molar-refractivity contribution in [1.82, 2.24) is 0 Å². The lowest BCUT2D eigenvalue weighted by atomic mass is 9.97. The minimum Gasteiger partial charge on any atom is -0.299 e. The van der Waals surface area contributed by atoms with E-state index in [9.17, 15) is 4.79 Å². The molecule has 0 aromatic heterocycles. The smallest absolute Gasteiger partial charge is 0.142 e. The van der Waals surface area contributed by atoms with Crippen molar-refractivity contribution in [2.24, 2.45) is 11.3 Å². The minimum absolute atomic E-state index is 0.0637. The lowest BCUT2D eigenvalue weighted by Crippen LogP contribution is -2.14. The SMILES string of the molecule is CC1(C(=O)C2CC2c2ccccc2)CC1. The summed E-state index contributed by atoms with van der Waals surface area (Å²) in [6.07, 6.45) is 3.31. The Balaban J connectivity index is 1.72. The summed E-state index contributed by atoms with van der Waals surface area (Å²) in [5, 5.41) is 0. The van der Waals surface area contributed by atoms with Gasteiger partial charge in [-0.3, -0.25) is 4.79 Å². The van der Waals surface area contributed by atoms with Crippen molar-refractivity contribution >= 4 is 5.78 Å². The molecule has 78 valence electrons. The fourth-order valence-electron chi connectivity index (χ4n) is 2.43. The Kier molecular flexibility index (Phi) is 1.79. The van der Waals surface area contributed by atoms with E-state index in [4.69, 9.17) is 0 Å². The van der Waals surface area contributed by atoms with Gasteiger partial charge in [0.1, 0.15) is 5.78 Å². The van der Waals surface area contributed by atoms with Crippen LogP contribution in [0.2, 0.25) is 0 Å². The van der Waals surface area contributed by atoms with E-state index < -0.39 is 0 Å². The molecule has 0 heterocycles. The van der Waals surface area contributed by atoms with E-state index in [0.717, 1.165) is 19.3 Å². The van der Waals surface area contributed by atoms with Crippen LogP contribution in [0.3, 0.4) is 0 Å². The topological polar surface area (TPSA) is 17.1 Å². The lowest BCUT2D eigenvalue weighted by Gasteiger charge is -2.06. The van der Waals surface area contributed by atoms with Crippen molar-refractivity contribution in [2.45, 2.75) is 32.1 Å². The van der Waals surface area contributed by atoms with Crippen LogP contribution in [0.1, 0.15) is 37.7 Å². The molecule has 0 amide bonds. The van der Waals surface area contributed by atoms with Gasteiger partial charge in [0.2, 0.25) is 0 Å². The molecule has 0 radical (unpaired) electrons. The number of hydrogen-bond donors (Lipinski definition) is 0. The maximum absolute atomic E-state index is 12.1. The molecule has 0 N–H and O–H groups in total. The second kappa shape index (κ2) is 2.94. The molecule has 0 bridgehead atoms.